The summed E-state index contributed by atoms with van der Waals surface area (Å²) in [6.45, 7) is -0.0819. The molecule has 1 amide bonds. The Labute approximate surface area is 162 Å². The Morgan fingerprint density at radius 1 is 1.00 bits per heavy atom. The number of alkyl halides is 3. The van der Waals surface area contributed by atoms with Gasteiger partial charge in [-0.1, -0.05) is 0 Å². The molecule has 0 saturated heterocycles. The first-order valence-corrected chi connectivity index (χ1v) is 8.26. The number of benzene rings is 2. The lowest BCUT2D eigenvalue weighted by Gasteiger charge is -2.09. The number of amides is 1. The van der Waals surface area contributed by atoms with E-state index >= 15 is 0 Å². The fraction of sp³-hybridized carbons (Fsp3) is 0.222. The Bertz CT molecular complexity index is 868. The molecule has 2 aromatic rings. The van der Waals surface area contributed by atoms with Crippen molar-refractivity contribution in [3.63, 3.8) is 0 Å². The standard InChI is InChI=1S/C18H16F3N3O5/c19-18(20,21)13-3-1-12(2-4-13)17(26)29-11-16(25)23-10-9-22-14-5-7-15(8-6-14)24(27)28/h1-8,22H,9-11H2,(H,23,25). The molecular weight excluding hydrogens is 395 g/mol. The molecule has 0 unspecified atom stereocenters. The molecule has 2 N–H and O–H groups in total. The van der Waals surface area contributed by atoms with Crippen LogP contribution < -0.4 is 10.6 Å². The molecule has 0 spiro atoms. The molecule has 29 heavy (non-hydrogen) atoms. The van der Waals surface area contributed by atoms with E-state index in [2.05, 4.69) is 10.6 Å². The number of nitrogens with one attached hydrogen (secondary N) is 2. The van der Waals surface area contributed by atoms with Crippen LogP contribution in [0.5, 0.6) is 0 Å². The van der Waals surface area contributed by atoms with Crippen molar-refractivity contribution in [2.75, 3.05) is 25.0 Å². The maximum atomic E-state index is 12.5. The molecule has 2 rings (SSSR count). The highest BCUT2D eigenvalue weighted by molar-refractivity contribution is 5.91. The normalized spacial score (nSPS) is 10.9. The van der Waals surface area contributed by atoms with Gasteiger partial charge in [-0.3, -0.25) is 14.9 Å². The van der Waals surface area contributed by atoms with Gasteiger partial charge in [-0.15, -0.1) is 0 Å². The number of nitro groups is 1. The topological polar surface area (TPSA) is 111 Å². The van der Waals surface area contributed by atoms with Gasteiger partial charge < -0.3 is 15.4 Å². The van der Waals surface area contributed by atoms with E-state index in [0.717, 1.165) is 24.3 Å². The van der Waals surface area contributed by atoms with E-state index in [4.69, 9.17) is 4.74 Å². The van der Waals surface area contributed by atoms with Crippen LogP contribution in [-0.2, 0) is 15.7 Å². The summed E-state index contributed by atoms with van der Waals surface area (Å²) in [6, 6.07) is 9.15. The highest BCUT2D eigenvalue weighted by Crippen LogP contribution is 2.29. The highest BCUT2D eigenvalue weighted by atomic mass is 19.4. The number of hydrogen-bond donors (Lipinski definition) is 2. The molecule has 0 fully saturated rings. The van der Waals surface area contributed by atoms with Crippen LogP contribution in [0.15, 0.2) is 48.5 Å². The summed E-state index contributed by atoms with van der Waals surface area (Å²) in [6.07, 6.45) is -4.51. The predicted molar refractivity (Wildman–Crippen MR) is 96.3 cm³/mol. The van der Waals surface area contributed by atoms with Crippen molar-refractivity contribution in [3.8, 4) is 0 Å². The summed E-state index contributed by atoms with van der Waals surface area (Å²) in [5.41, 5.74) is -0.421. The molecule has 0 aliphatic heterocycles. The SMILES string of the molecule is O=C(COC(=O)c1ccc(C(F)(F)F)cc1)NCCNc1ccc([N+](=O)[O-])cc1. The van der Waals surface area contributed by atoms with E-state index in [-0.39, 0.29) is 17.8 Å². The highest BCUT2D eigenvalue weighted by Gasteiger charge is 2.30. The van der Waals surface area contributed by atoms with Crippen LogP contribution in [0.3, 0.4) is 0 Å². The Balaban J connectivity index is 1.68. The van der Waals surface area contributed by atoms with Crippen molar-refractivity contribution >= 4 is 23.3 Å². The van der Waals surface area contributed by atoms with Gasteiger partial charge >= 0.3 is 12.1 Å². The number of non-ortho nitro benzene ring substituents is 1. The maximum absolute atomic E-state index is 12.5. The predicted octanol–water partition coefficient (Wildman–Crippen LogP) is 3.00. The molecule has 0 radical (unpaired) electrons. The number of halogens is 3. The zero-order valence-electron chi connectivity index (χ0n) is 14.9. The van der Waals surface area contributed by atoms with E-state index < -0.39 is 35.1 Å². The fourth-order valence-electron chi connectivity index (χ4n) is 2.17. The monoisotopic (exact) mass is 411 g/mol. The van der Waals surface area contributed by atoms with Gasteiger partial charge in [0.05, 0.1) is 16.1 Å². The number of esters is 1. The zero-order chi connectivity index (χ0) is 21.4. The van der Waals surface area contributed by atoms with Crippen LogP contribution in [-0.4, -0.2) is 36.5 Å². The summed E-state index contributed by atoms with van der Waals surface area (Å²) in [5.74, 6) is -1.51. The summed E-state index contributed by atoms with van der Waals surface area (Å²) in [4.78, 5) is 33.5. The molecule has 2 aromatic carbocycles. The molecule has 0 heterocycles. The first kappa shape index (κ1) is 21.7. The van der Waals surface area contributed by atoms with Crippen LogP contribution in [0, 0.1) is 10.1 Å². The quantitative estimate of drug-likeness (QED) is 0.299. The van der Waals surface area contributed by atoms with Gasteiger partial charge in [0.2, 0.25) is 0 Å². The lowest BCUT2D eigenvalue weighted by atomic mass is 10.1. The van der Waals surface area contributed by atoms with E-state index in [1.165, 1.54) is 24.3 Å². The summed E-state index contributed by atoms with van der Waals surface area (Å²) in [5, 5.41) is 16.0. The summed E-state index contributed by atoms with van der Waals surface area (Å²) >= 11 is 0. The Morgan fingerprint density at radius 3 is 2.17 bits per heavy atom. The van der Waals surface area contributed by atoms with Crippen molar-refractivity contribution in [2.24, 2.45) is 0 Å². The number of anilines is 1. The van der Waals surface area contributed by atoms with Gasteiger partial charge in [-0.2, -0.15) is 13.2 Å². The molecule has 0 aliphatic rings. The van der Waals surface area contributed by atoms with Crippen LogP contribution in [0.25, 0.3) is 0 Å². The third-order valence-electron chi connectivity index (χ3n) is 3.64. The number of nitrogens with zero attached hydrogens (tertiary/aromatic N) is 1. The molecule has 0 aliphatic carbocycles. The van der Waals surface area contributed by atoms with E-state index in [0.29, 0.717) is 12.2 Å². The van der Waals surface area contributed by atoms with Crippen LogP contribution in [0.4, 0.5) is 24.5 Å². The van der Waals surface area contributed by atoms with Crippen molar-refractivity contribution in [1.82, 2.24) is 5.32 Å². The second-order valence-corrected chi connectivity index (χ2v) is 5.73. The summed E-state index contributed by atoms with van der Waals surface area (Å²) in [7, 11) is 0. The first-order chi connectivity index (χ1) is 13.7. The molecule has 8 nitrogen and oxygen atoms in total. The summed E-state index contributed by atoms with van der Waals surface area (Å²) < 4.78 is 42.2. The minimum absolute atomic E-state index is 0.0429. The fourth-order valence-corrected chi connectivity index (χ4v) is 2.17. The molecule has 0 atom stereocenters. The molecule has 11 heteroatoms. The van der Waals surface area contributed by atoms with Gasteiger partial charge in [0.15, 0.2) is 6.61 Å². The minimum atomic E-state index is -4.51. The van der Waals surface area contributed by atoms with E-state index in [1.54, 1.807) is 0 Å². The van der Waals surface area contributed by atoms with Crippen molar-refractivity contribution < 1.29 is 32.4 Å². The number of ether oxygens (including phenoxy) is 1. The average Bonchev–Trinajstić information content (AvgIpc) is 2.69. The molecule has 0 saturated carbocycles. The minimum Gasteiger partial charge on any atom is -0.452 e. The van der Waals surface area contributed by atoms with Crippen molar-refractivity contribution in [1.29, 1.82) is 0 Å². The second-order valence-electron chi connectivity index (χ2n) is 5.73. The lowest BCUT2D eigenvalue weighted by Crippen LogP contribution is -2.32. The zero-order valence-corrected chi connectivity index (χ0v) is 14.9. The Kier molecular flexibility index (Phi) is 7.12. The molecule has 0 aromatic heterocycles. The van der Waals surface area contributed by atoms with Crippen molar-refractivity contribution in [2.45, 2.75) is 6.18 Å². The number of nitro benzene ring substituents is 1. The van der Waals surface area contributed by atoms with Crippen LogP contribution in [0.2, 0.25) is 0 Å². The van der Waals surface area contributed by atoms with Crippen LogP contribution >= 0.6 is 0 Å². The van der Waals surface area contributed by atoms with E-state index in [1.807, 2.05) is 0 Å². The molecule has 154 valence electrons. The smallest absolute Gasteiger partial charge is 0.416 e. The number of carbonyl (C=O) groups is 2. The number of hydrogen-bond acceptors (Lipinski definition) is 6. The number of rotatable bonds is 8. The Hall–Kier alpha value is -3.63. The Morgan fingerprint density at radius 2 is 1.62 bits per heavy atom. The number of carbonyl (C=O) groups excluding carboxylic acids is 2. The second kappa shape index (κ2) is 9.53. The van der Waals surface area contributed by atoms with Gasteiger partial charge in [0.25, 0.3) is 11.6 Å². The third kappa shape index (κ3) is 6.79. The first-order valence-electron chi connectivity index (χ1n) is 8.26. The van der Waals surface area contributed by atoms with Crippen LogP contribution in [0.1, 0.15) is 15.9 Å². The van der Waals surface area contributed by atoms with Gasteiger partial charge in [0.1, 0.15) is 0 Å². The van der Waals surface area contributed by atoms with Gasteiger partial charge in [-0.25, -0.2) is 4.79 Å². The largest absolute Gasteiger partial charge is 0.452 e. The molecule has 0 bridgehead atoms. The third-order valence-corrected chi connectivity index (χ3v) is 3.64. The molecular formula is C18H16F3N3O5. The van der Waals surface area contributed by atoms with E-state index in [9.17, 15) is 32.9 Å². The maximum Gasteiger partial charge on any atom is 0.416 e. The average molecular weight is 411 g/mol. The van der Waals surface area contributed by atoms with Gasteiger partial charge in [-0.05, 0) is 36.4 Å². The van der Waals surface area contributed by atoms with Gasteiger partial charge in [0, 0.05) is 30.9 Å². The lowest BCUT2D eigenvalue weighted by molar-refractivity contribution is -0.384. The van der Waals surface area contributed by atoms with Crippen molar-refractivity contribution in [3.05, 3.63) is 69.8 Å².